The Kier molecular flexibility index (Phi) is 4.70. The molecular weight excluding hydrogens is 344 g/mol. The molecule has 9 nitrogen and oxygen atoms in total. The smallest absolute Gasteiger partial charge is 0.347 e. The van der Waals surface area contributed by atoms with Crippen molar-refractivity contribution in [2.45, 2.75) is 6.61 Å². The second-order valence-corrected chi connectivity index (χ2v) is 5.16. The molecule has 1 heterocycles. The summed E-state index contributed by atoms with van der Waals surface area (Å²) in [6, 6.07) is 8.71. The largest absolute Gasteiger partial charge is 0.493 e. The summed E-state index contributed by atoms with van der Waals surface area (Å²) in [4.78, 5) is 26.7. The van der Waals surface area contributed by atoms with E-state index in [1.54, 1.807) is 12.1 Å². The number of benzene rings is 2. The summed E-state index contributed by atoms with van der Waals surface area (Å²) in [7, 11) is 2.93. The van der Waals surface area contributed by atoms with E-state index in [0.717, 1.165) is 0 Å². The SMILES string of the molecule is COc1cc2nc(COc3cccc([N+](=O)[O-])c3)oc(=O)c2cc1OC. The van der Waals surface area contributed by atoms with Gasteiger partial charge in [0.2, 0.25) is 5.89 Å². The van der Waals surface area contributed by atoms with Crippen LogP contribution in [0.15, 0.2) is 45.6 Å². The van der Waals surface area contributed by atoms with Crippen molar-refractivity contribution in [2.75, 3.05) is 14.2 Å². The summed E-state index contributed by atoms with van der Waals surface area (Å²) in [5, 5.41) is 11.0. The first kappa shape index (κ1) is 17.2. The first-order valence-electron chi connectivity index (χ1n) is 7.45. The summed E-state index contributed by atoms with van der Waals surface area (Å²) >= 11 is 0. The number of aromatic nitrogens is 1. The monoisotopic (exact) mass is 358 g/mol. The highest BCUT2D eigenvalue weighted by Crippen LogP contribution is 2.30. The third kappa shape index (κ3) is 3.41. The van der Waals surface area contributed by atoms with E-state index in [1.807, 2.05) is 0 Å². The minimum absolute atomic E-state index is 0.0289. The molecule has 26 heavy (non-hydrogen) atoms. The van der Waals surface area contributed by atoms with E-state index in [-0.39, 0.29) is 29.3 Å². The van der Waals surface area contributed by atoms with Gasteiger partial charge in [-0.3, -0.25) is 10.1 Å². The average molecular weight is 358 g/mol. The Balaban J connectivity index is 1.90. The van der Waals surface area contributed by atoms with Gasteiger partial charge in [0.25, 0.3) is 5.69 Å². The van der Waals surface area contributed by atoms with Crippen molar-refractivity contribution in [1.29, 1.82) is 0 Å². The van der Waals surface area contributed by atoms with Gasteiger partial charge in [0.15, 0.2) is 18.1 Å². The summed E-state index contributed by atoms with van der Waals surface area (Å²) in [6.07, 6.45) is 0. The predicted molar refractivity (Wildman–Crippen MR) is 90.8 cm³/mol. The summed E-state index contributed by atoms with van der Waals surface area (Å²) in [5.41, 5.74) is -0.350. The Bertz CT molecular complexity index is 1030. The second kappa shape index (κ2) is 7.09. The molecule has 9 heteroatoms. The molecule has 0 aliphatic rings. The molecule has 0 saturated carbocycles. The first-order chi connectivity index (χ1) is 12.5. The number of ether oxygens (including phenoxy) is 3. The van der Waals surface area contributed by atoms with Crippen LogP contribution in [0.2, 0.25) is 0 Å². The number of nitro groups is 1. The molecule has 0 aliphatic carbocycles. The minimum atomic E-state index is -0.603. The van der Waals surface area contributed by atoms with Crippen molar-refractivity contribution in [2.24, 2.45) is 0 Å². The van der Waals surface area contributed by atoms with E-state index in [1.165, 1.54) is 38.5 Å². The van der Waals surface area contributed by atoms with Gasteiger partial charge in [-0.15, -0.1) is 0 Å². The Morgan fingerprint density at radius 3 is 2.58 bits per heavy atom. The van der Waals surface area contributed by atoms with Crippen molar-refractivity contribution in [3.8, 4) is 17.2 Å². The number of hydrogen-bond donors (Lipinski definition) is 0. The Hall–Kier alpha value is -3.62. The second-order valence-electron chi connectivity index (χ2n) is 5.16. The van der Waals surface area contributed by atoms with Crippen LogP contribution in [0.4, 0.5) is 5.69 Å². The average Bonchev–Trinajstić information content (AvgIpc) is 2.65. The van der Waals surface area contributed by atoms with Gasteiger partial charge in [-0.1, -0.05) is 6.07 Å². The molecule has 0 saturated heterocycles. The predicted octanol–water partition coefficient (Wildman–Crippen LogP) is 2.69. The highest BCUT2D eigenvalue weighted by atomic mass is 16.6. The third-order valence-electron chi connectivity index (χ3n) is 3.57. The first-order valence-corrected chi connectivity index (χ1v) is 7.45. The third-order valence-corrected chi connectivity index (χ3v) is 3.57. The van der Waals surface area contributed by atoms with Crippen molar-refractivity contribution < 1.29 is 23.6 Å². The molecule has 0 unspecified atom stereocenters. The van der Waals surface area contributed by atoms with Gasteiger partial charge in [0.1, 0.15) is 5.75 Å². The Morgan fingerprint density at radius 2 is 1.88 bits per heavy atom. The van der Waals surface area contributed by atoms with Crippen LogP contribution in [0, 0.1) is 10.1 Å². The maximum Gasteiger partial charge on any atom is 0.347 e. The Labute approximate surface area is 146 Å². The van der Waals surface area contributed by atoms with Crippen LogP contribution in [0.25, 0.3) is 10.9 Å². The lowest BCUT2D eigenvalue weighted by Crippen LogP contribution is -2.08. The summed E-state index contributed by atoms with van der Waals surface area (Å²) in [6.45, 7) is -0.166. The fraction of sp³-hybridized carbons (Fsp3) is 0.176. The highest BCUT2D eigenvalue weighted by Gasteiger charge is 2.13. The van der Waals surface area contributed by atoms with E-state index >= 15 is 0 Å². The number of hydrogen-bond acceptors (Lipinski definition) is 8. The van der Waals surface area contributed by atoms with Gasteiger partial charge in [-0.2, -0.15) is 0 Å². The van der Waals surface area contributed by atoms with E-state index in [4.69, 9.17) is 18.6 Å². The fourth-order valence-corrected chi connectivity index (χ4v) is 2.34. The topological polar surface area (TPSA) is 114 Å². The van der Waals surface area contributed by atoms with Crippen molar-refractivity contribution in [1.82, 2.24) is 4.98 Å². The molecule has 0 bridgehead atoms. The molecule has 3 aromatic rings. The fourth-order valence-electron chi connectivity index (χ4n) is 2.34. The van der Waals surface area contributed by atoms with Crippen LogP contribution < -0.4 is 19.8 Å². The lowest BCUT2D eigenvalue weighted by molar-refractivity contribution is -0.384. The van der Waals surface area contributed by atoms with Crippen LogP contribution in [-0.2, 0) is 6.61 Å². The molecule has 2 aromatic carbocycles. The number of rotatable bonds is 6. The Morgan fingerprint density at radius 1 is 1.15 bits per heavy atom. The van der Waals surface area contributed by atoms with E-state index < -0.39 is 10.5 Å². The molecule has 0 aliphatic heterocycles. The zero-order chi connectivity index (χ0) is 18.7. The molecule has 134 valence electrons. The molecule has 3 rings (SSSR count). The van der Waals surface area contributed by atoms with Crippen LogP contribution in [-0.4, -0.2) is 24.1 Å². The molecule has 0 radical (unpaired) electrons. The van der Waals surface area contributed by atoms with E-state index in [9.17, 15) is 14.9 Å². The van der Waals surface area contributed by atoms with Gasteiger partial charge in [0, 0.05) is 18.2 Å². The van der Waals surface area contributed by atoms with Crippen molar-refractivity contribution in [3.63, 3.8) is 0 Å². The zero-order valence-electron chi connectivity index (χ0n) is 13.9. The lowest BCUT2D eigenvalue weighted by atomic mass is 10.2. The highest BCUT2D eigenvalue weighted by molar-refractivity contribution is 5.81. The van der Waals surface area contributed by atoms with Crippen LogP contribution in [0.1, 0.15) is 5.89 Å². The lowest BCUT2D eigenvalue weighted by Gasteiger charge is -2.09. The van der Waals surface area contributed by atoms with E-state index in [0.29, 0.717) is 17.0 Å². The molecular formula is C17H14N2O7. The normalized spacial score (nSPS) is 10.5. The molecule has 0 spiro atoms. The molecule has 0 fully saturated rings. The van der Waals surface area contributed by atoms with Crippen molar-refractivity contribution >= 4 is 16.6 Å². The van der Waals surface area contributed by atoms with Gasteiger partial charge < -0.3 is 18.6 Å². The molecule has 1 aromatic heterocycles. The zero-order valence-corrected chi connectivity index (χ0v) is 13.9. The van der Waals surface area contributed by atoms with Crippen LogP contribution in [0.5, 0.6) is 17.2 Å². The molecule has 0 atom stereocenters. The molecule has 0 amide bonds. The number of fused-ring (bicyclic) bond motifs is 1. The van der Waals surface area contributed by atoms with Crippen LogP contribution >= 0.6 is 0 Å². The van der Waals surface area contributed by atoms with Gasteiger partial charge in [-0.05, 0) is 6.07 Å². The number of nitrogens with zero attached hydrogens (tertiary/aromatic N) is 2. The molecule has 0 N–H and O–H groups in total. The maximum absolute atomic E-state index is 12.2. The minimum Gasteiger partial charge on any atom is -0.493 e. The summed E-state index contributed by atoms with van der Waals surface area (Å²) < 4.78 is 20.9. The summed E-state index contributed by atoms with van der Waals surface area (Å²) in [5.74, 6) is 1.09. The van der Waals surface area contributed by atoms with Gasteiger partial charge in [0.05, 0.1) is 36.1 Å². The van der Waals surface area contributed by atoms with E-state index in [2.05, 4.69) is 4.98 Å². The van der Waals surface area contributed by atoms with Gasteiger partial charge in [-0.25, -0.2) is 9.78 Å². The van der Waals surface area contributed by atoms with Crippen LogP contribution in [0.3, 0.4) is 0 Å². The number of methoxy groups -OCH3 is 2. The number of non-ortho nitro benzene ring substituents is 1. The quantitative estimate of drug-likeness (QED) is 0.488. The van der Waals surface area contributed by atoms with Gasteiger partial charge >= 0.3 is 5.63 Å². The standard InChI is InChI=1S/C17H14N2O7/c1-23-14-7-12-13(8-15(14)24-2)18-16(26-17(12)20)9-25-11-5-3-4-10(6-11)19(21)22/h3-8H,9H2,1-2H3. The van der Waals surface area contributed by atoms with Crippen molar-refractivity contribution in [3.05, 3.63) is 62.8 Å². The number of nitro benzene ring substituents is 1. The maximum atomic E-state index is 12.2.